The molecule has 6 nitrogen and oxygen atoms in total. The van der Waals surface area contributed by atoms with Crippen LogP contribution in [0.5, 0.6) is 0 Å². The summed E-state index contributed by atoms with van der Waals surface area (Å²) in [5, 5.41) is 26.3. The lowest BCUT2D eigenvalue weighted by molar-refractivity contribution is -0.384. The molecular formula is C11H14BrN3O3. The first-order chi connectivity index (χ1) is 8.60. The molecular weight excluding hydrogens is 302 g/mol. The maximum atomic E-state index is 11.0. The molecule has 18 heavy (non-hydrogen) atoms. The van der Waals surface area contributed by atoms with Crippen LogP contribution in [0.4, 0.5) is 11.4 Å². The largest absolute Gasteiger partial charge is 0.395 e. The molecule has 98 valence electrons. The van der Waals surface area contributed by atoms with Crippen LogP contribution in [0.15, 0.2) is 22.7 Å². The molecule has 7 heteroatoms. The van der Waals surface area contributed by atoms with E-state index in [1.54, 1.807) is 12.1 Å². The van der Waals surface area contributed by atoms with Crippen molar-refractivity contribution in [3.8, 4) is 0 Å². The lowest BCUT2D eigenvalue weighted by atomic mass is 10.1. The number of aliphatic hydroxyl groups is 1. The number of nitro benzene ring substituents is 1. The monoisotopic (exact) mass is 315 g/mol. The fraction of sp³-hybridized carbons (Fsp3) is 0.455. The first-order valence-electron chi connectivity index (χ1n) is 5.65. The number of nitrogens with zero attached hydrogens (tertiary/aromatic N) is 1. The molecule has 1 aromatic carbocycles. The number of nitro groups is 1. The SMILES string of the molecule is O=[N+]([O-])c1cc(Br)ccc1N[C@H]1CN[C@@H](CO)C1. The Bertz CT molecular complexity index is 455. The van der Waals surface area contributed by atoms with Crippen LogP contribution < -0.4 is 10.6 Å². The molecule has 1 aromatic rings. The Hall–Kier alpha value is -1.18. The van der Waals surface area contributed by atoms with Gasteiger partial charge in [0.2, 0.25) is 0 Å². The normalized spacial score (nSPS) is 23.0. The summed E-state index contributed by atoms with van der Waals surface area (Å²) in [5.41, 5.74) is 0.561. The van der Waals surface area contributed by atoms with Crippen LogP contribution in [0, 0.1) is 10.1 Å². The number of halogens is 1. The lowest BCUT2D eigenvalue weighted by Gasteiger charge is -2.13. The molecule has 0 bridgehead atoms. The highest BCUT2D eigenvalue weighted by atomic mass is 79.9. The van der Waals surface area contributed by atoms with Crippen molar-refractivity contribution in [3.05, 3.63) is 32.8 Å². The molecule has 0 amide bonds. The van der Waals surface area contributed by atoms with Crippen molar-refractivity contribution in [2.75, 3.05) is 18.5 Å². The van der Waals surface area contributed by atoms with Gasteiger partial charge in [-0.25, -0.2) is 0 Å². The van der Waals surface area contributed by atoms with Gasteiger partial charge in [-0.3, -0.25) is 10.1 Å². The quantitative estimate of drug-likeness (QED) is 0.579. The molecule has 1 fully saturated rings. The summed E-state index contributed by atoms with van der Waals surface area (Å²) >= 11 is 3.22. The molecule has 0 aromatic heterocycles. The Morgan fingerprint density at radius 3 is 3.00 bits per heavy atom. The summed E-state index contributed by atoms with van der Waals surface area (Å²) < 4.78 is 0.678. The maximum absolute atomic E-state index is 11.0. The molecule has 1 saturated heterocycles. The minimum Gasteiger partial charge on any atom is -0.395 e. The third-order valence-electron chi connectivity index (χ3n) is 2.96. The second-order valence-corrected chi connectivity index (χ2v) is 5.20. The van der Waals surface area contributed by atoms with Crippen LogP contribution >= 0.6 is 15.9 Å². The highest BCUT2D eigenvalue weighted by Gasteiger charge is 2.25. The average Bonchev–Trinajstić information content (AvgIpc) is 2.79. The molecule has 0 aliphatic carbocycles. The summed E-state index contributed by atoms with van der Waals surface area (Å²) in [5.74, 6) is 0. The van der Waals surface area contributed by atoms with E-state index in [0.717, 1.165) is 6.42 Å². The van der Waals surface area contributed by atoms with Crippen LogP contribution in [0.25, 0.3) is 0 Å². The van der Waals surface area contributed by atoms with E-state index in [1.807, 2.05) is 0 Å². The van der Waals surface area contributed by atoms with Crippen LogP contribution in [0.1, 0.15) is 6.42 Å². The van der Waals surface area contributed by atoms with Crippen molar-refractivity contribution in [3.63, 3.8) is 0 Å². The second kappa shape index (κ2) is 5.64. The van der Waals surface area contributed by atoms with Crippen molar-refractivity contribution in [1.29, 1.82) is 0 Å². The highest BCUT2D eigenvalue weighted by Crippen LogP contribution is 2.29. The summed E-state index contributed by atoms with van der Waals surface area (Å²) in [6.45, 7) is 0.777. The van der Waals surface area contributed by atoms with Gasteiger partial charge >= 0.3 is 0 Å². The highest BCUT2D eigenvalue weighted by molar-refractivity contribution is 9.10. The Balaban J connectivity index is 2.12. The zero-order valence-corrected chi connectivity index (χ0v) is 11.2. The van der Waals surface area contributed by atoms with Gasteiger partial charge in [-0.15, -0.1) is 0 Å². The molecule has 2 atom stereocenters. The number of anilines is 1. The Labute approximate surface area is 113 Å². The maximum Gasteiger partial charge on any atom is 0.293 e. The van der Waals surface area contributed by atoms with Gasteiger partial charge in [0.05, 0.1) is 11.5 Å². The van der Waals surface area contributed by atoms with Gasteiger partial charge in [0.15, 0.2) is 0 Å². The van der Waals surface area contributed by atoms with Crippen LogP contribution in [-0.4, -0.2) is 35.3 Å². The molecule has 0 radical (unpaired) electrons. The topological polar surface area (TPSA) is 87.4 Å². The predicted octanol–water partition coefficient (Wildman–Crippen LogP) is 1.49. The number of aliphatic hydroxyl groups excluding tert-OH is 1. The zero-order valence-electron chi connectivity index (χ0n) is 9.60. The second-order valence-electron chi connectivity index (χ2n) is 4.28. The fourth-order valence-corrected chi connectivity index (χ4v) is 2.41. The van der Waals surface area contributed by atoms with E-state index < -0.39 is 4.92 Å². The number of rotatable bonds is 4. The standard InChI is InChI=1S/C11H14BrN3O3/c12-7-1-2-10(11(3-7)15(17)18)14-8-4-9(6-16)13-5-8/h1-3,8-9,13-14,16H,4-6H2/t8-,9-/m1/s1. The number of nitrogens with one attached hydrogen (secondary N) is 2. The van der Waals surface area contributed by atoms with E-state index >= 15 is 0 Å². The van der Waals surface area contributed by atoms with Crippen molar-refractivity contribution in [2.45, 2.75) is 18.5 Å². The molecule has 2 rings (SSSR count). The fourth-order valence-electron chi connectivity index (χ4n) is 2.07. The van der Waals surface area contributed by atoms with Crippen molar-refractivity contribution >= 4 is 27.3 Å². The van der Waals surface area contributed by atoms with Crippen molar-refractivity contribution < 1.29 is 10.0 Å². The number of benzene rings is 1. The predicted molar refractivity (Wildman–Crippen MR) is 71.7 cm³/mol. The third-order valence-corrected chi connectivity index (χ3v) is 3.45. The molecule has 0 spiro atoms. The van der Waals surface area contributed by atoms with E-state index in [0.29, 0.717) is 16.7 Å². The van der Waals surface area contributed by atoms with Gasteiger partial charge in [-0.05, 0) is 18.6 Å². The van der Waals surface area contributed by atoms with E-state index in [1.165, 1.54) is 6.07 Å². The van der Waals surface area contributed by atoms with E-state index in [9.17, 15) is 10.1 Å². The summed E-state index contributed by atoms with van der Waals surface area (Å²) in [6, 6.07) is 5.10. The number of hydrogen-bond acceptors (Lipinski definition) is 5. The van der Waals surface area contributed by atoms with Crippen molar-refractivity contribution in [1.82, 2.24) is 5.32 Å². The first kappa shape index (κ1) is 13.3. The summed E-state index contributed by atoms with van der Waals surface area (Å²) in [6.07, 6.45) is 0.754. The van der Waals surface area contributed by atoms with Gasteiger partial charge in [0.25, 0.3) is 5.69 Å². The summed E-state index contributed by atoms with van der Waals surface area (Å²) in [4.78, 5) is 10.6. The molecule has 1 heterocycles. The number of hydrogen-bond donors (Lipinski definition) is 3. The van der Waals surface area contributed by atoms with Crippen LogP contribution in [0.3, 0.4) is 0 Å². The molecule has 1 aliphatic heterocycles. The van der Waals surface area contributed by atoms with E-state index in [-0.39, 0.29) is 24.4 Å². The zero-order chi connectivity index (χ0) is 13.1. The third kappa shape index (κ3) is 2.98. The minimum atomic E-state index is -0.404. The molecule has 3 N–H and O–H groups in total. The Morgan fingerprint density at radius 1 is 1.61 bits per heavy atom. The molecule has 1 aliphatic rings. The van der Waals surface area contributed by atoms with Crippen molar-refractivity contribution in [2.24, 2.45) is 0 Å². The lowest BCUT2D eigenvalue weighted by Crippen LogP contribution is -2.25. The van der Waals surface area contributed by atoms with Crippen LogP contribution in [0.2, 0.25) is 0 Å². The minimum absolute atomic E-state index is 0.0526. The smallest absolute Gasteiger partial charge is 0.293 e. The first-order valence-corrected chi connectivity index (χ1v) is 6.44. The van der Waals surface area contributed by atoms with Gasteiger partial charge in [-0.2, -0.15) is 0 Å². The molecule has 0 saturated carbocycles. The molecule has 0 unspecified atom stereocenters. The van der Waals surface area contributed by atoms with E-state index in [4.69, 9.17) is 5.11 Å². The van der Waals surface area contributed by atoms with Gasteiger partial charge < -0.3 is 15.7 Å². The van der Waals surface area contributed by atoms with Crippen LogP contribution in [-0.2, 0) is 0 Å². The Morgan fingerprint density at radius 2 is 2.39 bits per heavy atom. The van der Waals surface area contributed by atoms with Gasteiger partial charge in [0.1, 0.15) is 5.69 Å². The average molecular weight is 316 g/mol. The van der Waals surface area contributed by atoms with Gasteiger partial charge in [0, 0.05) is 29.2 Å². The Kier molecular flexibility index (Phi) is 4.15. The van der Waals surface area contributed by atoms with Gasteiger partial charge in [-0.1, -0.05) is 15.9 Å². The summed E-state index contributed by atoms with van der Waals surface area (Å²) in [7, 11) is 0. The van der Waals surface area contributed by atoms with E-state index in [2.05, 4.69) is 26.6 Å².